The van der Waals surface area contributed by atoms with Crippen LogP contribution >= 0.6 is 12.6 Å². The Morgan fingerprint density at radius 1 is 1.36 bits per heavy atom. The third kappa shape index (κ3) is 9.70. The van der Waals surface area contributed by atoms with Crippen LogP contribution in [0.1, 0.15) is 0 Å². The topological polar surface area (TPSA) is 79.2 Å². The van der Waals surface area contributed by atoms with Crippen molar-refractivity contribution in [3.8, 4) is 0 Å². The Morgan fingerprint density at radius 2 is 2.09 bits per heavy atom. The van der Waals surface area contributed by atoms with Crippen LogP contribution in [0.3, 0.4) is 0 Å². The minimum atomic E-state index is -0.385. The Labute approximate surface area is 71.5 Å². The fourth-order valence-corrected chi connectivity index (χ4v) is 0.595. The molecule has 0 aromatic carbocycles. The third-order valence-corrected chi connectivity index (χ3v) is 1.06. The van der Waals surface area contributed by atoms with Crippen molar-refractivity contribution < 1.29 is 4.79 Å². The molecule has 0 saturated carbocycles. The van der Waals surface area contributed by atoms with Crippen molar-refractivity contribution in [2.45, 2.75) is 0 Å². The lowest BCUT2D eigenvalue weighted by atomic mass is 10.6. The highest BCUT2D eigenvalue weighted by molar-refractivity contribution is 7.96. The van der Waals surface area contributed by atoms with Crippen LogP contribution in [-0.2, 0) is 0 Å². The molecule has 1 amide bonds. The van der Waals surface area contributed by atoms with Crippen molar-refractivity contribution in [2.24, 2.45) is 5.73 Å². The van der Waals surface area contributed by atoms with Gasteiger partial charge in [-0.25, -0.2) is 5.43 Å². The molecular formula is C5H14N4OS. The van der Waals surface area contributed by atoms with Crippen molar-refractivity contribution in [3.63, 3.8) is 0 Å². The van der Waals surface area contributed by atoms with Crippen LogP contribution in [0.2, 0.25) is 0 Å². The van der Waals surface area contributed by atoms with Gasteiger partial charge in [0.1, 0.15) is 0 Å². The van der Waals surface area contributed by atoms with Gasteiger partial charge in [0.2, 0.25) is 0 Å². The van der Waals surface area contributed by atoms with Crippen molar-refractivity contribution in [2.75, 3.05) is 26.2 Å². The van der Waals surface area contributed by atoms with E-state index < -0.39 is 0 Å². The maximum atomic E-state index is 10.2. The highest BCUT2D eigenvalue weighted by Gasteiger charge is 1.88. The monoisotopic (exact) mass is 178 g/mol. The molecule has 0 rings (SSSR count). The smallest absolute Gasteiger partial charge is 0.290 e. The van der Waals surface area contributed by atoms with E-state index in [-0.39, 0.29) is 5.24 Å². The molecule has 0 bridgehead atoms. The fraction of sp³-hybridized carbons (Fsp3) is 0.800. The first kappa shape index (κ1) is 10.7. The summed E-state index contributed by atoms with van der Waals surface area (Å²) >= 11 is 3.49. The molecule has 6 heteroatoms. The second-order valence-corrected chi connectivity index (χ2v) is 2.30. The molecule has 0 heterocycles. The Bertz CT molecular complexity index is 111. The Kier molecular flexibility index (Phi) is 7.59. The molecule has 0 aromatic heterocycles. The number of rotatable bonds is 6. The minimum absolute atomic E-state index is 0.385. The molecule has 66 valence electrons. The number of thiol groups is 1. The number of hydrogen-bond donors (Lipinski definition) is 5. The maximum absolute atomic E-state index is 10.2. The summed E-state index contributed by atoms with van der Waals surface area (Å²) in [4.78, 5) is 10.2. The molecule has 0 unspecified atom stereocenters. The molecule has 0 atom stereocenters. The zero-order valence-electron chi connectivity index (χ0n) is 6.26. The van der Waals surface area contributed by atoms with Crippen LogP contribution in [-0.4, -0.2) is 31.4 Å². The second-order valence-electron chi connectivity index (χ2n) is 1.90. The SMILES string of the molecule is NCCNCCNNC(=O)S. The lowest BCUT2D eigenvalue weighted by Crippen LogP contribution is -2.39. The van der Waals surface area contributed by atoms with E-state index in [4.69, 9.17) is 5.73 Å². The van der Waals surface area contributed by atoms with Crippen LogP contribution in [0, 0.1) is 0 Å². The zero-order chi connectivity index (χ0) is 8.53. The van der Waals surface area contributed by atoms with Crippen LogP contribution < -0.4 is 21.9 Å². The average molecular weight is 178 g/mol. The number of carbonyl (C=O) groups is 1. The van der Waals surface area contributed by atoms with E-state index in [1.54, 1.807) is 0 Å². The van der Waals surface area contributed by atoms with Gasteiger partial charge in [-0.1, -0.05) is 12.6 Å². The van der Waals surface area contributed by atoms with Gasteiger partial charge < -0.3 is 11.1 Å². The Morgan fingerprint density at radius 3 is 2.64 bits per heavy atom. The van der Waals surface area contributed by atoms with Crippen molar-refractivity contribution in [3.05, 3.63) is 0 Å². The van der Waals surface area contributed by atoms with E-state index in [9.17, 15) is 4.79 Å². The summed E-state index contributed by atoms with van der Waals surface area (Å²) in [5, 5.41) is 2.66. The molecule has 5 nitrogen and oxygen atoms in total. The predicted octanol–water partition coefficient (Wildman–Crippen LogP) is -1.32. The molecular weight excluding hydrogens is 164 g/mol. The van der Waals surface area contributed by atoms with Gasteiger partial charge in [0.15, 0.2) is 0 Å². The first-order valence-electron chi connectivity index (χ1n) is 3.40. The Hall–Kier alpha value is -0.300. The molecule has 0 aliphatic carbocycles. The number of nitrogens with two attached hydrogens (primary N) is 1. The molecule has 0 aliphatic heterocycles. The molecule has 0 radical (unpaired) electrons. The maximum Gasteiger partial charge on any atom is 0.290 e. The summed E-state index contributed by atoms with van der Waals surface area (Å²) in [6.45, 7) is 2.84. The number of hydrogen-bond acceptors (Lipinski definition) is 4. The first-order valence-corrected chi connectivity index (χ1v) is 3.84. The van der Waals surface area contributed by atoms with E-state index in [1.807, 2.05) is 0 Å². The lowest BCUT2D eigenvalue weighted by molar-refractivity contribution is 0.257. The van der Waals surface area contributed by atoms with Gasteiger partial charge in [-0.05, 0) is 0 Å². The molecule has 0 spiro atoms. The van der Waals surface area contributed by atoms with Crippen LogP contribution in [0.15, 0.2) is 0 Å². The molecule has 0 fully saturated rings. The molecule has 0 saturated heterocycles. The molecule has 0 aliphatic rings. The molecule has 0 aromatic rings. The summed E-state index contributed by atoms with van der Waals surface area (Å²) in [5.74, 6) is 0. The fourth-order valence-electron chi connectivity index (χ4n) is 0.516. The molecule has 11 heavy (non-hydrogen) atoms. The van der Waals surface area contributed by atoms with Gasteiger partial charge >= 0.3 is 0 Å². The van der Waals surface area contributed by atoms with E-state index in [0.29, 0.717) is 13.1 Å². The third-order valence-electron chi connectivity index (χ3n) is 0.943. The minimum Gasteiger partial charge on any atom is -0.329 e. The van der Waals surface area contributed by atoms with Crippen LogP contribution in [0.25, 0.3) is 0 Å². The predicted molar refractivity (Wildman–Crippen MR) is 47.4 cm³/mol. The summed E-state index contributed by atoms with van der Waals surface area (Å²) in [5.41, 5.74) is 10.2. The van der Waals surface area contributed by atoms with Crippen molar-refractivity contribution in [1.82, 2.24) is 16.2 Å². The van der Waals surface area contributed by atoms with E-state index >= 15 is 0 Å². The Balaban J connectivity index is 2.85. The van der Waals surface area contributed by atoms with Crippen molar-refractivity contribution >= 4 is 17.9 Å². The van der Waals surface area contributed by atoms with E-state index in [0.717, 1.165) is 13.1 Å². The summed E-state index contributed by atoms with van der Waals surface area (Å²) < 4.78 is 0. The number of amides is 1. The number of nitrogens with one attached hydrogen (secondary N) is 3. The van der Waals surface area contributed by atoms with Gasteiger partial charge in [-0.2, -0.15) is 0 Å². The first-order chi connectivity index (χ1) is 5.27. The number of hydrazine groups is 1. The van der Waals surface area contributed by atoms with Gasteiger partial charge in [0.25, 0.3) is 5.24 Å². The van der Waals surface area contributed by atoms with Gasteiger partial charge in [-0.3, -0.25) is 10.2 Å². The van der Waals surface area contributed by atoms with Gasteiger partial charge in [0.05, 0.1) is 0 Å². The van der Waals surface area contributed by atoms with E-state index in [2.05, 4.69) is 28.8 Å². The van der Waals surface area contributed by atoms with Gasteiger partial charge in [0, 0.05) is 26.2 Å². The highest BCUT2D eigenvalue weighted by Crippen LogP contribution is 1.69. The number of carbonyl (C=O) groups excluding carboxylic acids is 1. The molecule has 5 N–H and O–H groups in total. The standard InChI is InChI=1S/C5H14N4OS/c6-1-2-7-3-4-8-9-5(10)11/h7-8H,1-4,6H2,(H2,9,10,11). The lowest BCUT2D eigenvalue weighted by Gasteiger charge is -2.04. The van der Waals surface area contributed by atoms with E-state index in [1.165, 1.54) is 0 Å². The normalized spacial score (nSPS) is 9.64. The average Bonchev–Trinajstić information content (AvgIpc) is 1.96. The quantitative estimate of drug-likeness (QED) is 0.198. The van der Waals surface area contributed by atoms with Gasteiger partial charge in [-0.15, -0.1) is 0 Å². The summed E-state index contributed by atoms with van der Waals surface area (Å²) in [6, 6.07) is 0. The zero-order valence-corrected chi connectivity index (χ0v) is 7.16. The second kappa shape index (κ2) is 7.80. The summed E-state index contributed by atoms with van der Waals surface area (Å²) in [6.07, 6.45) is 0. The highest BCUT2D eigenvalue weighted by atomic mass is 32.1. The van der Waals surface area contributed by atoms with Crippen LogP contribution in [0.5, 0.6) is 0 Å². The van der Waals surface area contributed by atoms with Crippen molar-refractivity contribution in [1.29, 1.82) is 0 Å². The van der Waals surface area contributed by atoms with Crippen LogP contribution in [0.4, 0.5) is 4.79 Å². The largest absolute Gasteiger partial charge is 0.329 e. The summed E-state index contributed by atoms with van der Waals surface area (Å²) in [7, 11) is 0.